The fourth-order valence-corrected chi connectivity index (χ4v) is 4.70. The SMILES string of the molecule is CCOc1c(-c2ccc(F)c(F)c2)c(-c2ccccc2)nn1C[C@H]1CC[C@@H](COCC(=O)O)CC1. The molecular formula is C27H30F2N2O4. The average Bonchev–Trinajstić information content (AvgIpc) is 3.20. The molecule has 6 nitrogen and oxygen atoms in total. The van der Waals surface area contributed by atoms with Gasteiger partial charge in [-0.05, 0) is 62.1 Å². The van der Waals surface area contributed by atoms with E-state index in [0.29, 0.717) is 54.3 Å². The molecule has 2 aromatic carbocycles. The number of carboxylic acids is 1. The highest BCUT2D eigenvalue weighted by Crippen LogP contribution is 2.41. The Morgan fingerprint density at radius 2 is 1.74 bits per heavy atom. The lowest BCUT2D eigenvalue weighted by Gasteiger charge is -2.28. The number of aliphatic carboxylic acids is 1. The van der Waals surface area contributed by atoms with E-state index in [4.69, 9.17) is 19.7 Å². The number of halogens is 2. The minimum atomic E-state index is -0.952. The van der Waals surface area contributed by atoms with Gasteiger partial charge in [-0.25, -0.2) is 18.3 Å². The van der Waals surface area contributed by atoms with Crippen molar-refractivity contribution in [2.75, 3.05) is 19.8 Å². The van der Waals surface area contributed by atoms with Gasteiger partial charge in [-0.1, -0.05) is 36.4 Å². The summed E-state index contributed by atoms with van der Waals surface area (Å²) in [7, 11) is 0. The van der Waals surface area contributed by atoms with E-state index < -0.39 is 17.6 Å². The highest BCUT2D eigenvalue weighted by atomic mass is 19.2. The van der Waals surface area contributed by atoms with Gasteiger partial charge in [-0.3, -0.25) is 0 Å². The number of ether oxygens (including phenoxy) is 2. The molecule has 0 atom stereocenters. The first-order valence-electron chi connectivity index (χ1n) is 12.0. The van der Waals surface area contributed by atoms with Crippen LogP contribution >= 0.6 is 0 Å². The van der Waals surface area contributed by atoms with Gasteiger partial charge in [0.2, 0.25) is 5.88 Å². The topological polar surface area (TPSA) is 73.6 Å². The molecule has 1 aliphatic carbocycles. The molecular weight excluding hydrogens is 454 g/mol. The molecule has 0 bridgehead atoms. The lowest BCUT2D eigenvalue weighted by atomic mass is 9.82. The summed E-state index contributed by atoms with van der Waals surface area (Å²) in [5.74, 6) is -1.50. The van der Waals surface area contributed by atoms with Crippen LogP contribution in [-0.2, 0) is 16.1 Å². The molecule has 186 valence electrons. The van der Waals surface area contributed by atoms with Crippen LogP contribution in [0.2, 0.25) is 0 Å². The van der Waals surface area contributed by atoms with E-state index in [9.17, 15) is 13.6 Å². The lowest BCUT2D eigenvalue weighted by Crippen LogP contribution is -2.23. The molecule has 1 N–H and O–H groups in total. The van der Waals surface area contributed by atoms with E-state index >= 15 is 0 Å². The summed E-state index contributed by atoms with van der Waals surface area (Å²) in [6, 6.07) is 13.5. The number of hydrogen-bond acceptors (Lipinski definition) is 4. The van der Waals surface area contributed by atoms with Crippen molar-refractivity contribution in [1.29, 1.82) is 0 Å². The molecule has 0 unspecified atom stereocenters. The summed E-state index contributed by atoms with van der Waals surface area (Å²) in [5, 5.41) is 13.6. The zero-order valence-corrected chi connectivity index (χ0v) is 19.8. The minimum absolute atomic E-state index is 0.264. The third-order valence-corrected chi connectivity index (χ3v) is 6.42. The third-order valence-electron chi connectivity index (χ3n) is 6.42. The summed E-state index contributed by atoms with van der Waals surface area (Å²) < 4.78 is 41.0. The van der Waals surface area contributed by atoms with Gasteiger partial charge in [0.1, 0.15) is 12.3 Å². The standard InChI is InChI=1S/C27H30F2N2O4/c1-2-35-27-25(21-12-13-22(28)23(29)14-21)26(20-6-4-3-5-7-20)30-31(27)15-18-8-10-19(11-9-18)16-34-17-24(32)33/h3-7,12-14,18-19H,2,8-11,15-17H2,1H3,(H,32,33)/t18-,19+. The number of nitrogens with zero attached hydrogens (tertiary/aromatic N) is 2. The van der Waals surface area contributed by atoms with Crippen LogP contribution in [0.25, 0.3) is 22.4 Å². The quantitative estimate of drug-likeness (QED) is 0.394. The zero-order valence-electron chi connectivity index (χ0n) is 19.8. The molecule has 35 heavy (non-hydrogen) atoms. The summed E-state index contributed by atoms with van der Waals surface area (Å²) >= 11 is 0. The number of rotatable bonds is 10. The third kappa shape index (κ3) is 6.06. The maximum atomic E-state index is 14.2. The number of benzene rings is 2. The number of aromatic nitrogens is 2. The average molecular weight is 485 g/mol. The van der Waals surface area contributed by atoms with Gasteiger partial charge in [-0.15, -0.1) is 0 Å². The molecule has 1 aromatic heterocycles. The summed E-state index contributed by atoms with van der Waals surface area (Å²) in [6.07, 6.45) is 3.84. The van der Waals surface area contributed by atoms with Crippen molar-refractivity contribution in [1.82, 2.24) is 9.78 Å². The molecule has 1 heterocycles. The van der Waals surface area contributed by atoms with E-state index in [1.807, 2.05) is 41.9 Å². The van der Waals surface area contributed by atoms with Crippen molar-refractivity contribution in [3.05, 3.63) is 60.2 Å². The largest absolute Gasteiger partial charge is 0.480 e. The van der Waals surface area contributed by atoms with Gasteiger partial charge < -0.3 is 14.6 Å². The fraction of sp³-hybridized carbons (Fsp3) is 0.407. The number of carboxylic acid groups (broad SMARTS) is 1. The van der Waals surface area contributed by atoms with Crippen molar-refractivity contribution >= 4 is 5.97 Å². The molecule has 1 fully saturated rings. The number of carbonyl (C=O) groups is 1. The van der Waals surface area contributed by atoms with Gasteiger partial charge >= 0.3 is 5.97 Å². The zero-order chi connectivity index (χ0) is 24.8. The molecule has 3 aromatic rings. The molecule has 0 saturated heterocycles. The van der Waals surface area contributed by atoms with Crippen LogP contribution in [-0.4, -0.2) is 40.7 Å². The van der Waals surface area contributed by atoms with Crippen molar-refractivity contribution in [3.8, 4) is 28.3 Å². The second-order valence-corrected chi connectivity index (χ2v) is 8.93. The van der Waals surface area contributed by atoms with Crippen LogP contribution in [0, 0.1) is 23.5 Å². The molecule has 1 saturated carbocycles. The number of hydrogen-bond donors (Lipinski definition) is 1. The predicted octanol–water partition coefficient (Wildman–Crippen LogP) is 5.80. The molecule has 0 radical (unpaired) electrons. The van der Waals surface area contributed by atoms with Gasteiger partial charge in [0, 0.05) is 12.1 Å². The van der Waals surface area contributed by atoms with Gasteiger partial charge in [0.15, 0.2) is 11.6 Å². The monoisotopic (exact) mass is 484 g/mol. The normalized spacial score (nSPS) is 17.9. The Kier molecular flexibility index (Phi) is 8.13. The Hall–Kier alpha value is -3.26. The van der Waals surface area contributed by atoms with Gasteiger partial charge in [0.05, 0.1) is 18.8 Å². The Morgan fingerprint density at radius 3 is 2.40 bits per heavy atom. The van der Waals surface area contributed by atoms with Crippen molar-refractivity contribution < 1.29 is 28.2 Å². The molecule has 4 rings (SSSR count). The van der Waals surface area contributed by atoms with E-state index in [-0.39, 0.29) is 6.61 Å². The van der Waals surface area contributed by atoms with Crippen molar-refractivity contribution in [3.63, 3.8) is 0 Å². The van der Waals surface area contributed by atoms with Crippen LogP contribution < -0.4 is 4.74 Å². The Morgan fingerprint density at radius 1 is 1.03 bits per heavy atom. The molecule has 8 heteroatoms. The van der Waals surface area contributed by atoms with E-state index in [1.54, 1.807) is 6.07 Å². The Balaban J connectivity index is 1.61. The molecule has 1 aliphatic rings. The first kappa shape index (κ1) is 24.9. The Labute approximate surface area is 203 Å². The maximum absolute atomic E-state index is 14.2. The van der Waals surface area contributed by atoms with E-state index in [2.05, 4.69) is 0 Å². The Bertz CT molecular complexity index is 1140. The van der Waals surface area contributed by atoms with Crippen LogP contribution in [0.1, 0.15) is 32.6 Å². The van der Waals surface area contributed by atoms with Crippen LogP contribution in [0.3, 0.4) is 0 Å². The molecule has 0 aliphatic heterocycles. The van der Waals surface area contributed by atoms with Crippen molar-refractivity contribution in [2.24, 2.45) is 11.8 Å². The van der Waals surface area contributed by atoms with Crippen LogP contribution in [0.15, 0.2) is 48.5 Å². The highest BCUT2D eigenvalue weighted by Gasteiger charge is 2.27. The van der Waals surface area contributed by atoms with E-state index in [1.165, 1.54) is 6.07 Å². The summed E-state index contributed by atoms with van der Waals surface area (Å²) in [4.78, 5) is 10.7. The second kappa shape index (κ2) is 11.4. The van der Waals surface area contributed by atoms with Gasteiger partial charge in [-0.2, -0.15) is 5.10 Å². The smallest absolute Gasteiger partial charge is 0.329 e. The summed E-state index contributed by atoms with van der Waals surface area (Å²) in [6.45, 7) is 3.13. The highest BCUT2D eigenvalue weighted by molar-refractivity contribution is 5.84. The van der Waals surface area contributed by atoms with Crippen molar-refractivity contribution in [2.45, 2.75) is 39.2 Å². The van der Waals surface area contributed by atoms with E-state index in [0.717, 1.165) is 37.3 Å². The first-order valence-corrected chi connectivity index (χ1v) is 12.0. The second-order valence-electron chi connectivity index (χ2n) is 8.93. The van der Waals surface area contributed by atoms with Gasteiger partial charge in [0.25, 0.3) is 0 Å². The first-order chi connectivity index (χ1) is 17.0. The molecule has 0 amide bonds. The predicted molar refractivity (Wildman–Crippen MR) is 128 cm³/mol. The lowest BCUT2D eigenvalue weighted by molar-refractivity contribution is -0.142. The maximum Gasteiger partial charge on any atom is 0.329 e. The summed E-state index contributed by atoms with van der Waals surface area (Å²) in [5.41, 5.74) is 2.69. The van der Waals surface area contributed by atoms with Crippen LogP contribution in [0.5, 0.6) is 5.88 Å². The minimum Gasteiger partial charge on any atom is -0.480 e. The fourth-order valence-electron chi connectivity index (χ4n) is 4.70. The van der Waals surface area contributed by atoms with Crippen LogP contribution in [0.4, 0.5) is 8.78 Å². The molecule has 0 spiro atoms.